The molecule has 6 heteroatoms. The minimum atomic E-state index is -0.301. The van der Waals surface area contributed by atoms with Crippen LogP contribution in [-0.4, -0.2) is 22.3 Å². The molecule has 1 aromatic rings. The third kappa shape index (κ3) is 1.87. The molecular weight excluding hydrogens is 208 g/mol. The molecule has 0 bridgehead atoms. The minimum absolute atomic E-state index is 0.0381. The summed E-state index contributed by atoms with van der Waals surface area (Å²) in [6, 6.07) is 0.193. The maximum absolute atomic E-state index is 11.8. The fraction of sp³-hybridized carbons (Fsp3) is 0.700. The van der Waals surface area contributed by atoms with Crippen molar-refractivity contribution in [2.24, 2.45) is 11.8 Å². The zero-order valence-corrected chi connectivity index (χ0v) is 9.43. The van der Waals surface area contributed by atoms with Gasteiger partial charge in [0.1, 0.15) is 0 Å². The van der Waals surface area contributed by atoms with Crippen LogP contribution in [0.25, 0.3) is 0 Å². The lowest BCUT2D eigenvalue weighted by atomic mass is 9.98. The van der Waals surface area contributed by atoms with E-state index in [0.29, 0.717) is 11.8 Å². The molecule has 6 nitrogen and oxygen atoms in total. The standard InChI is InChI=1S/C10H16N4O2/c1-5-3-4-7(6(5)2)12-10(15)8-9(11)14-16-13-8/h5-7H,3-4H2,1-2H3,(H2,11,14)(H,12,15). The maximum atomic E-state index is 11.8. The summed E-state index contributed by atoms with van der Waals surface area (Å²) in [7, 11) is 0. The van der Waals surface area contributed by atoms with Crippen molar-refractivity contribution in [1.29, 1.82) is 0 Å². The second kappa shape index (κ2) is 4.11. The Balaban J connectivity index is 2.01. The van der Waals surface area contributed by atoms with Crippen LogP contribution < -0.4 is 11.1 Å². The van der Waals surface area contributed by atoms with E-state index in [4.69, 9.17) is 5.73 Å². The van der Waals surface area contributed by atoms with Crippen molar-refractivity contribution in [3.05, 3.63) is 5.69 Å². The first-order chi connectivity index (χ1) is 7.59. The highest BCUT2D eigenvalue weighted by Crippen LogP contribution is 2.31. The first-order valence-electron chi connectivity index (χ1n) is 5.48. The van der Waals surface area contributed by atoms with E-state index >= 15 is 0 Å². The number of aromatic nitrogens is 2. The first-order valence-corrected chi connectivity index (χ1v) is 5.48. The SMILES string of the molecule is CC1CCC(NC(=O)c2nonc2N)C1C. The van der Waals surface area contributed by atoms with Gasteiger partial charge in [-0.25, -0.2) is 4.63 Å². The monoisotopic (exact) mass is 224 g/mol. The van der Waals surface area contributed by atoms with Crippen LogP contribution in [-0.2, 0) is 0 Å². The molecule has 3 N–H and O–H groups in total. The zero-order valence-electron chi connectivity index (χ0n) is 9.43. The van der Waals surface area contributed by atoms with Crippen LogP contribution in [0.15, 0.2) is 4.63 Å². The smallest absolute Gasteiger partial charge is 0.277 e. The Bertz CT molecular complexity index is 390. The molecule has 3 unspecified atom stereocenters. The Morgan fingerprint density at radius 3 is 2.69 bits per heavy atom. The second-order valence-electron chi connectivity index (χ2n) is 4.49. The van der Waals surface area contributed by atoms with Gasteiger partial charge in [-0.15, -0.1) is 0 Å². The van der Waals surface area contributed by atoms with Gasteiger partial charge in [0.2, 0.25) is 11.5 Å². The van der Waals surface area contributed by atoms with E-state index in [9.17, 15) is 4.79 Å². The Kier molecular flexibility index (Phi) is 2.80. The van der Waals surface area contributed by atoms with E-state index in [-0.39, 0.29) is 23.5 Å². The van der Waals surface area contributed by atoms with Crippen molar-refractivity contribution in [3.63, 3.8) is 0 Å². The van der Waals surface area contributed by atoms with Gasteiger partial charge in [-0.3, -0.25) is 4.79 Å². The molecule has 1 amide bonds. The van der Waals surface area contributed by atoms with Crippen LogP contribution in [0.2, 0.25) is 0 Å². The number of carbonyl (C=O) groups excluding carboxylic acids is 1. The normalized spacial score (nSPS) is 29.2. The highest BCUT2D eigenvalue weighted by molar-refractivity contribution is 5.96. The molecule has 1 aliphatic carbocycles. The maximum Gasteiger partial charge on any atom is 0.277 e. The highest BCUT2D eigenvalue weighted by atomic mass is 16.6. The van der Waals surface area contributed by atoms with Gasteiger partial charge in [0.15, 0.2) is 0 Å². The molecule has 0 spiro atoms. The number of nitrogens with zero attached hydrogens (tertiary/aromatic N) is 2. The number of nitrogens with one attached hydrogen (secondary N) is 1. The Hall–Kier alpha value is -1.59. The lowest BCUT2D eigenvalue weighted by Crippen LogP contribution is -2.37. The number of amides is 1. The van der Waals surface area contributed by atoms with Gasteiger partial charge in [-0.05, 0) is 35.0 Å². The number of nitrogen functional groups attached to an aromatic ring is 1. The summed E-state index contributed by atoms with van der Waals surface area (Å²) in [6.45, 7) is 4.34. The number of anilines is 1. The fourth-order valence-corrected chi connectivity index (χ4v) is 2.16. The Morgan fingerprint density at radius 1 is 1.44 bits per heavy atom. The molecule has 0 radical (unpaired) electrons. The Labute approximate surface area is 93.5 Å². The van der Waals surface area contributed by atoms with Gasteiger partial charge in [0.25, 0.3) is 5.91 Å². The van der Waals surface area contributed by atoms with Crippen molar-refractivity contribution in [1.82, 2.24) is 15.6 Å². The molecule has 3 atom stereocenters. The molecule has 1 aliphatic rings. The van der Waals surface area contributed by atoms with E-state index in [1.165, 1.54) is 0 Å². The number of hydrogen-bond acceptors (Lipinski definition) is 5. The molecular formula is C10H16N4O2. The highest BCUT2D eigenvalue weighted by Gasteiger charge is 2.31. The van der Waals surface area contributed by atoms with Gasteiger partial charge in [0.05, 0.1) is 0 Å². The van der Waals surface area contributed by atoms with Gasteiger partial charge in [0, 0.05) is 6.04 Å². The molecule has 2 rings (SSSR count). The number of hydrogen-bond donors (Lipinski definition) is 2. The van der Waals surface area contributed by atoms with Crippen molar-refractivity contribution in [2.75, 3.05) is 5.73 Å². The predicted molar refractivity (Wildman–Crippen MR) is 57.5 cm³/mol. The van der Waals surface area contributed by atoms with E-state index in [0.717, 1.165) is 12.8 Å². The molecule has 16 heavy (non-hydrogen) atoms. The molecule has 1 saturated carbocycles. The van der Waals surface area contributed by atoms with Gasteiger partial charge in [-0.2, -0.15) is 0 Å². The fourth-order valence-electron chi connectivity index (χ4n) is 2.16. The summed E-state index contributed by atoms with van der Waals surface area (Å²) in [4.78, 5) is 11.8. The number of nitrogens with two attached hydrogens (primary N) is 1. The van der Waals surface area contributed by atoms with Crippen LogP contribution in [0.1, 0.15) is 37.2 Å². The van der Waals surface area contributed by atoms with Crippen LogP contribution >= 0.6 is 0 Å². The Morgan fingerprint density at radius 2 is 2.19 bits per heavy atom. The summed E-state index contributed by atoms with van der Waals surface area (Å²) < 4.78 is 4.39. The van der Waals surface area contributed by atoms with Gasteiger partial charge >= 0.3 is 0 Å². The number of carbonyl (C=O) groups is 1. The summed E-state index contributed by atoms with van der Waals surface area (Å²) in [5.74, 6) is 0.851. The van der Waals surface area contributed by atoms with Crippen LogP contribution in [0, 0.1) is 11.8 Å². The van der Waals surface area contributed by atoms with Crippen LogP contribution in [0.4, 0.5) is 5.82 Å². The lowest BCUT2D eigenvalue weighted by Gasteiger charge is -2.18. The van der Waals surface area contributed by atoms with E-state index < -0.39 is 0 Å². The van der Waals surface area contributed by atoms with E-state index in [1.54, 1.807) is 0 Å². The second-order valence-corrected chi connectivity index (χ2v) is 4.49. The topological polar surface area (TPSA) is 94.0 Å². The summed E-state index contributed by atoms with van der Waals surface area (Å²) >= 11 is 0. The van der Waals surface area contributed by atoms with E-state index in [1.807, 2.05) is 0 Å². The van der Waals surface area contributed by atoms with Crippen LogP contribution in [0.5, 0.6) is 0 Å². The zero-order chi connectivity index (χ0) is 11.7. The third-order valence-corrected chi connectivity index (χ3v) is 3.51. The largest absolute Gasteiger partial charge is 0.379 e. The molecule has 0 saturated heterocycles. The molecule has 1 aromatic heterocycles. The minimum Gasteiger partial charge on any atom is -0.379 e. The van der Waals surface area contributed by atoms with Crippen molar-refractivity contribution >= 4 is 11.7 Å². The summed E-state index contributed by atoms with van der Waals surface area (Å²) in [5.41, 5.74) is 5.53. The van der Waals surface area contributed by atoms with E-state index in [2.05, 4.69) is 34.1 Å². The van der Waals surface area contributed by atoms with Crippen molar-refractivity contribution in [3.8, 4) is 0 Å². The van der Waals surface area contributed by atoms with Crippen molar-refractivity contribution in [2.45, 2.75) is 32.7 Å². The molecule has 0 aromatic carbocycles. The van der Waals surface area contributed by atoms with Gasteiger partial charge < -0.3 is 11.1 Å². The lowest BCUT2D eigenvalue weighted by molar-refractivity contribution is 0.0918. The molecule has 1 heterocycles. The number of rotatable bonds is 2. The van der Waals surface area contributed by atoms with Gasteiger partial charge in [-0.1, -0.05) is 13.8 Å². The predicted octanol–water partition coefficient (Wildman–Crippen LogP) is 0.816. The quantitative estimate of drug-likeness (QED) is 0.775. The third-order valence-electron chi connectivity index (χ3n) is 3.51. The summed E-state index contributed by atoms with van der Waals surface area (Å²) in [6.07, 6.45) is 2.14. The summed E-state index contributed by atoms with van der Waals surface area (Å²) in [5, 5.41) is 9.78. The molecule has 88 valence electrons. The molecule has 0 aliphatic heterocycles. The molecule has 1 fully saturated rings. The average Bonchev–Trinajstić information content (AvgIpc) is 2.79. The van der Waals surface area contributed by atoms with Crippen LogP contribution in [0.3, 0.4) is 0 Å². The average molecular weight is 224 g/mol. The van der Waals surface area contributed by atoms with Crippen molar-refractivity contribution < 1.29 is 9.42 Å². The first kappa shape index (κ1) is 10.9.